The Bertz CT molecular complexity index is 1630. The van der Waals surface area contributed by atoms with Gasteiger partial charge >= 0.3 is 16.7 Å². The predicted octanol–water partition coefficient (Wildman–Crippen LogP) is 7.63. The largest absolute Gasteiger partial charge is 0.463 e. The number of carbonyl (C=O) groups excluding carboxylic acids is 2. The Balaban J connectivity index is 1.79. The fourth-order valence-corrected chi connectivity index (χ4v) is 5.63. The second-order valence-electron chi connectivity index (χ2n) is 11.8. The number of hydrogen-bond donors (Lipinski definition) is 1. The van der Waals surface area contributed by atoms with Gasteiger partial charge in [0.15, 0.2) is 5.82 Å². The zero-order valence-corrected chi connectivity index (χ0v) is 32.2. The van der Waals surface area contributed by atoms with Crippen molar-refractivity contribution < 1.29 is 38.4 Å². The number of esters is 1. The predicted molar refractivity (Wildman–Crippen MR) is 203 cm³/mol. The molecule has 2 aromatic rings. The van der Waals surface area contributed by atoms with Gasteiger partial charge in [0, 0.05) is 32.0 Å². The van der Waals surface area contributed by atoms with Crippen LogP contribution in [0.1, 0.15) is 83.3 Å². The van der Waals surface area contributed by atoms with Crippen LogP contribution in [0.2, 0.25) is 0 Å². The number of nitro groups is 2. The Morgan fingerprint density at radius 2 is 1.61 bits per heavy atom. The molecule has 0 bridgehead atoms. The number of nitrogens with zero attached hydrogens (tertiary/aromatic N) is 7. The van der Waals surface area contributed by atoms with Crippen LogP contribution in [-0.2, 0) is 28.5 Å². The third-order valence-electron chi connectivity index (χ3n) is 7.66. The van der Waals surface area contributed by atoms with Gasteiger partial charge in [0.25, 0.3) is 0 Å². The quantitative estimate of drug-likeness (QED) is 0.0219. The number of hydrogen-bond acceptors (Lipinski definition) is 16. The van der Waals surface area contributed by atoms with Crippen molar-refractivity contribution in [2.75, 3.05) is 69.6 Å². The van der Waals surface area contributed by atoms with Crippen LogP contribution in [0.25, 0.3) is 0 Å². The van der Waals surface area contributed by atoms with Gasteiger partial charge in [-0.2, -0.15) is 5.26 Å². The molecule has 2 aromatic heterocycles. The molecular formula is C35H50N8O10S. The number of pyridine rings is 1. The number of ether oxygens (including phenoxy) is 4. The third-order valence-corrected chi connectivity index (χ3v) is 8.62. The molecule has 2 rings (SSSR count). The van der Waals surface area contributed by atoms with Crippen LogP contribution >= 0.6 is 11.3 Å². The topological polar surface area (TPSA) is 234 Å². The van der Waals surface area contributed by atoms with Crippen molar-refractivity contribution in [1.29, 1.82) is 5.26 Å². The first-order chi connectivity index (χ1) is 26.0. The molecule has 0 atom stereocenters. The molecular weight excluding hydrogens is 724 g/mol. The maximum Gasteiger partial charge on any atom is 0.333 e. The van der Waals surface area contributed by atoms with Crippen molar-refractivity contribution in [2.45, 2.75) is 79.1 Å². The Hall–Kier alpha value is -4.90. The number of likely N-dealkylation sites (N-methyl/N-ethyl adjacent to an activating group) is 1. The number of nitrogens with one attached hydrogen (secondary N) is 1. The summed E-state index contributed by atoms with van der Waals surface area (Å²) >= 11 is 0.462. The van der Waals surface area contributed by atoms with Crippen LogP contribution in [0.4, 0.5) is 33.0 Å². The summed E-state index contributed by atoms with van der Waals surface area (Å²) in [5.41, 5.74) is -0.236. The molecule has 2 heterocycles. The summed E-state index contributed by atoms with van der Waals surface area (Å²) in [4.78, 5) is 51.2. The number of allylic oxidation sites excluding steroid dienone is 2. The fourth-order valence-electron chi connectivity index (χ4n) is 4.87. The first-order valence-corrected chi connectivity index (χ1v) is 18.7. The van der Waals surface area contributed by atoms with Crippen LogP contribution < -0.4 is 10.2 Å². The minimum atomic E-state index is -0.815. The van der Waals surface area contributed by atoms with E-state index in [4.69, 9.17) is 18.9 Å². The molecule has 1 amide bonds. The molecule has 0 aromatic carbocycles. The van der Waals surface area contributed by atoms with Gasteiger partial charge in [0.2, 0.25) is 10.9 Å². The van der Waals surface area contributed by atoms with E-state index in [1.165, 1.54) is 32.6 Å². The maximum atomic E-state index is 12.0. The molecule has 0 aliphatic rings. The monoisotopic (exact) mass is 774 g/mol. The van der Waals surface area contributed by atoms with Gasteiger partial charge < -0.3 is 29.2 Å². The normalized spacial score (nSPS) is 11.2. The van der Waals surface area contributed by atoms with E-state index in [2.05, 4.69) is 45.7 Å². The van der Waals surface area contributed by atoms with Crippen LogP contribution in [0.3, 0.4) is 0 Å². The first-order valence-electron chi connectivity index (χ1n) is 17.9. The summed E-state index contributed by atoms with van der Waals surface area (Å²) < 4.78 is 21.9. The summed E-state index contributed by atoms with van der Waals surface area (Å²) in [5, 5.41) is 42.3. The van der Waals surface area contributed by atoms with Crippen molar-refractivity contribution in [3.05, 3.63) is 49.6 Å². The van der Waals surface area contributed by atoms with E-state index in [0.717, 1.165) is 25.3 Å². The van der Waals surface area contributed by atoms with Crippen LogP contribution in [0, 0.1) is 38.5 Å². The van der Waals surface area contributed by atoms with Crippen molar-refractivity contribution in [1.82, 2.24) is 4.98 Å². The van der Waals surface area contributed by atoms with Crippen LogP contribution in [0.15, 0.2) is 28.4 Å². The third kappa shape index (κ3) is 16.4. The highest BCUT2D eigenvalue weighted by Crippen LogP contribution is 2.43. The number of carbonyl (C=O) groups is 2. The number of unbranched alkanes of at least 4 members (excludes halogenated alkanes) is 5. The molecule has 0 spiro atoms. The van der Waals surface area contributed by atoms with E-state index >= 15 is 0 Å². The first kappa shape index (κ1) is 45.3. The minimum absolute atomic E-state index is 0.0347. The van der Waals surface area contributed by atoms with Gasteiger partial charge in [-0.25, -0.2) is 4.98 Å². The number of rotatable bonds is 28. The molecule has 0 unspecified atom stereocenters. The van der Waals surface area contributed by atoms with Gasteiger partial charge in [-0.1, -0.05) is 38.3 Å². The van der Waals surface area contributed by atoms with E-state index in [0.29, 0.717) is 57.3 Å². The van der Waals surface area contributed by atoms with E-state index in [-0.39, 0.29) is 59.2 Å². The Morgan fingerprint density at radius 1 is 0.963 bits per heavy atom. The van der Waals surface area contributed by atoms with Gasteiger partial charge in [0.05, 0.1) is 55.1 Å². The SMILES string of the molecule is CCCCCC/C=C/CCCC(=O)OCCOCCOCCOCCN(CC)c1nc(NC(C)=O)c(N=Nc2sc([N+](=O)[O-])cc2[N+](=O)[O-])c(C)c1C#N. The molecule has 296 valence electrons. The summed E-state index contributed by atoms with van der Waals surface area (Å²) in [6.07, 6.45) is 12.4. The lowest BCUT2D eigenvalue weighted by molar-refractivity contribution is -0.389. The van der Waals surface area contributed by atoms with E-state index in [1.54, 1.807) is 11.8 Å². The zero-order valence-electron chi connectivity index (χ0n) is 31.4. The summed E-state index contributed by atoms with van der Waals surface area (Å²) in [7, 11) is 0. The molecule has 0 aliphatic heterocycles. The lowest BCUT2D eigenvalue weighted by atomic mass is 10.1. The molecule has 0 fully saturated rings. The Labute approximate surface area is 318 Å². The smallest absolute Gasteiger partial charge is 0.333 e. The number of aromatic nitrogens is 1. The number of amides is 1. The summed E-state index contributed by atoms with van der Waals surface area (Å²) in [6, 6.07) is 2.89. The summed E-state index contributed by atoms with van der Waals surface area (Å²) in [5.74, 6) is -0.523. The average molecular weight is 775 g/mol. The number of thiophene rings is 1. The minimum Gasteiger partial charge on any atom is -0.463 e. The lowest BCUT2D eigenvalue weighted by Gasteiger charge is -2.25. The number of azo groups is 1. The molecule has 0 saturated carbocycles. The van der Waals surface area contributed by atoms with Crippen molar-refractivity contribution >= 4 is 56.2 Å². The van der Waals surface area contributed by atoms with Crippen LogP contribution in [0.5, 0.6) is 0 Å². The molecule has 1 N–H and O–H groups in total. The average Bonchev–Trinajstić information content (AvgIpc) is 3.57. The molecule has 19 heteroatoms. The standard InChI is InChI=1S/C35H50N8O10S/c1-5-7-8-9-10-11-12-13-14-15-31(45)53-23-22-52-21-20-51-19-18-50-17-16-41(6-2)34-28(25-36)26(3)32(33(38-34)37-27(4)44)39-40-35-29(42(46)47)24-30(54-35)43(48)49/h11-12,24H,5-10,13-23H2,1-4H3,(H,37,38,44)/b12-11+,40-39?. The molecule has 18 nitrogen and oxygen atoms in total. The van der Waals surface area contributed by atoms with Crippen molar-refractivity contribution in [3.8, 4) is 6.07 Å². The highest BCUT2D eigenvalue weighted by atomic mass is 32.1. The Kier molecular flexibility index (Phi) is 21.8. The maximum absolute atomic E-state index is 12.0. The molecule has 0 saturated heterocycles. The highest BCUT2D eigenvalue weighted by Gasteiger charge is 2.26. The highest BCUT2D eigenvalue weighted by molar-refractivity contribution is 7.19. The van der Waals surface area contributed by atoms with Gasteiger partial charge in [-0.15, -0.1) is 10.2 Å². The second kappa shape index (κ2) is 26.0. The summed E-state index contributed by atoms with van der Waals surface area (Å²) in [6.45, 7) is 9.64. The number of anilines is 2. The van der Waals surface area contributed by atoms with Crippen molar-refractivity contribution in [2.24, 2.45) is 10.2 Å². The van der Waals surface area contributed by atoms with E-state index in [9.17, 15) is 35.1 Å². The van der Waals surface area contributed by atoms with E-state index in [1.807, 2.05) is 6.92 Å². The fraction of sp³-hybridized carbons (Fsp3) is 0.600. The number of nitriles is 1. The molecule has 0 radical (unpaired) electrons. The van der Waals surface area contributed by atoms with Crippen LogP contribution in [-0.4, -0.2) is 86.0 Å². The zero-order chi connectivity index (χ0) is 39.7. The van der Waals surface area contributed by atoms with Gasteiger partial charge in [-0.05, 0) is 50.9 Å². The Morgan fingerprint density at radius 3 is 2.20 bits per heavy atom. The van der Waals surface area contributed by atoms with E-state index < -0.39 is 26.4 Å². The molecule has 0 aliphatic carbocycles. The second-order valence-corrected chi connectivity index (χ2v) is 12.8. The lowest BCUT2D eigenvalue weighted by Crippen LogP contribution is -2.30. The van der Waals surface area contributed by atoms with Crippen molar-refractivity contribution in [3.63, 3.8) is 0 Å². The molecule has 54 heavy (non-hydrogen) atoms. The van der Waals surface area contributed by atoms with Gasteiger partial charge in [0.1, 0.15) is 30.2 Å². The van der Waals surface area contributed by atoms with Gasteiger partial charge in [-0.3, -0.25) is 29.8 Å².